The molecule has 1 amide bonds. The number of carbonyl (C=O) groups is 1. The van der Waals surface area contributed by atoms with Crippen LogP contribution >= 0.6 is 0 Å². The van der Waals surface area contributed by atoms with E-state index in [1.807, 2.05) is 11.0 Å². The molecule has 3 rings (SSSR count). The molecule has 31 heavy (non-hydrogen) atoms. The summed E-state index contributed by atoms with van der Waals surface area (Å²) in [5, 5.41) is 20.3. The van der Waals surface area contributed by atoms with Crippen LogP contribution in [0, 0.1) is 21.4 Å². The third kappa shape index (κ3) is 4.30. The van der Waals surface area contributed by atoms with E-state index in [4.69, 9.17) is 14.2 Å². The average Bonchev–Trinajstić information content (AvgIpc) is 2.82. The van der Waals surface area contributed by atoms with Crippen LogP contribution in [0.15, 0.2) is 30.3 Å². The number of ether oxygens (including phenoxy) is 3. The Morgan fingerprint density at radius 1 is 1.03 bits per heavy atom. The van der Waals surface area contributed by atoms with E-state index < -0.39 is 4.92 Å². The second kappa shape index (κ2) is 9.21. The van der Waals surface area contributed by atoms with Gasteiger partial charge in [0, 0.05) is 43.9 Å². The van der Waals surface area contributed by atoms with Crippen molar-refractivity contribution in [1.29, 1.82) is 5.26 Å². The van der Waals surface area contributed by atoms with Crippen LogP contribution in [-0.4, -0.2) is 63.2 Å². The third-order valence-corrected chi connectivity index (χ3v) is 5.13. The fourth-order valence-electron chi connectivity index (χ4n) is 3.54. The van der Waals surface area contributed by atoms with Gasteiger partial charge in [0.2, 0.25) is 5.75 Å². The minimum atomic E-state index is -0.529. The molecule has 2 aromatic rings. The SMILES string of the molecule is COc1cc(C(=O)N2CCN(c3ccc([N+](=O)[O-])cc3C#N)CC2)cc(OC)c1OC. The molecular formula is C21H22N4O6. The molecule has 0 unspecified atom stereocenters. The van der Waals surface area contributed by atoms with Gasteiger partial charge in [0.05, 0.1) is 37.5 Å². The van der Waals surface area contributed by atoms with Gasteiger partial charge < -0.3 is 24.0 Å². The quantitative estimate of drug-likeness (QED) is 0.511. The summed E-state index contributed by atoms with van der Waals surface area (Å²) >= 11 is 0. The standard InChI is InChI=1S/C21H22N4O6/c1-29-18-11-14(12-19(30-2)20(18)31-3)21(26)24-8-6-23(7-9-24)17-5-4-16(25(27)28)10-15(17)13-22/h4-5,10-12H,6-9H2,1-3H3. The number of rotatable bonds is 6. The molecule has 1 saturated heterocycles. The highest BCUT2D eigenvalue weighted by Gasteiger charge is 2.26. The zero-order valence-electron chi connectivity index (χ0n) is 17.5. The van der Waals surface area contributed by atoms with E-state index in [-0.39, 0.29) is 17.2 Å². The number of methoxy groups -OCH3 is 3. The topological polar surface area (TPSA) is 118 Å². The van der Waals surface area contributed by atoms with Crippen molar-refractivity contribution in [1.82, 2.24) is 4.90 Å². The number of nitriles is 1. The molecule has 0 aromatic heterocycles. The molecule has 0 aliphatic carbocycles. The normalized spacial score (nSPS) is 13.4. The van der Waals surface area contributed by atoms with Crippen molar-refractivity contribution < 1.29 is 23.9 Å². The second-order valence-electron chi connectivity index (χ2n) is 6.76. The maximum Gasteiger partial charge on any atom is 0.270 e. The van der Waals surface area contributed by atoms with Gasteiger partial charge in [-0.15, -0.1) is 0 Å². The minimum Gasteiger partial charge on any atom is -0.493 e. The molecule has 0 bridgehead atoms. The van der Waals surface area contributed by atoms with E-state index in [2.05, 4.69) is 0 Å². The maximum atomic E-state index is 13.0. The Balaban J connectivity index is 1.76. The molecule has 0 radical (unpaired) electrons. The summed E-state index contributed by atoms with van der Waals surface area (Å²) < 4.78 is 15.9. The molecule has 10 nitrogen and oxygen atoms in total. The van der Waals surface area contributed by atoms with E-state index >= 15 is 0 Å². The molecule has 0 saturated carbocycles. The van der Waals surface area contributed by atoms with E-state index in [9.17, 15) is 20.2 Å². The van der Waals surface area contributed by atoms with Crippen molar-refractivity contribution in [2.24, 2.45) is 0 Å². The Hall–Kier alpha value is -4.00. The lowest BCUT2D eigenvalue weighted by Crippen LogP contribution is -2.49. The lowest BCUT2D eigenvalue weighted by Gasteiger charge is -2.36. The Morgan fingerprint density at radius 3 is 2.13 bits per heavy atom. The summed E-state index contributed by atoms with van der Waals surface area (Å²) in [6.07, 6.45) is 0. The molecule has 2 aromatic carbocycles. The second-order valence-corrected chi connectivity index (χ2v) is 6.76. The summed E-state index contributed by atoms with van der Waals surface area (Å²) in [5.41, 5.74) is 1.14. The molecule has 0 N–H and O–H groups in total. The Bertz CT molecular complexity index is 1020. The molecule has 1 aliphatic rings. The highest BCUT2D eigenvalue weighted by atomic mass is 16.6. The summed E-state index contributed by atoms with van der Waals surface area (Å²) in [4.78, 5) is 27.1. The van der Waals surface area contributed by atoms with Crippen LogP contribution in [0.2, 0.25) is 0 Å². The number of piperazine rings is 1. The predicted molar refractivity (Wildman–Crippen MR) is 112 cm³/mol. The number of nitro benzene ring substituents is 1. The number of hydrogen-bond acceptors (Lipinski definition) is 8. The van der Waals surface area contributed by atoms with Crippen LogP contribution in [-0.2, 0) is 0 Å². The zero-order chi connectivity index (χ0) is 22.5. The zero-order valence-corrected chi connectivity index (χ0v) is 17.5. The van der Waals surface area contributed by atoms with Gasteiger partial charge >= 0.3 is 0 Å². The monoisotopic (exact) mass is 426 g/mol. The van der Waals surface area contributed by atoms with E-state index in [0.29, 0.717) is 54.7 Å². The van der Waals surface area contributed by atoms with Crippen LogP contribution in [0.1, 0.15) is 15.9 Å². The molecule has 0 spiro atoms. The van der Waals surface area contributed by atoms with Gasteiger partial charge in [0.15, 0.2) is 11.5 Å². The molecule has 1 aliphatic heterocycles. The Labute approximate surface area is 179 Å². The van der Waals surface area contributed by atoms with E-state index in [1.54, 1.807) is 23.1 Å². The first-order valence-corrected chi connectivity index (χ1v) is 9.46. The molecule has 162 valence electrons. The number of nitro groups is 1. The van der Waals surface area contributed by atoms with Crippen molar-refractivity contribution in [2.45, 2.75) is 0 Å². The first kappa shape index (κ1) is 21.7. The summed E-state index contributed by atoms with van der Waals surface area (Å²) in [7, 11) is 4.47. The lowest BCUT2D eigenvalue weighted by molar-refractivity contribution is -0.384. The van der Waals surface area contributed by atoms with E-state index in [0.717, 1.165) is 0 Å². The fraction of sp³-hybridized carbons (Fsp3) is 0.333. The van der Waals surface area contributed by atoms with Gasteiger partial charge in [-0.3, -0.25) is 14.9 Å². The largest absolute Gasteiger partial charge is 0.493 e. The molecule has 0 atom stereocenters. The number of benzene rings is 2. The average molecular weight is 426 g/mol. The summed E-state index contributed by atoms with van der Waals surface area (Å²) in [6.45, 7) is 1.83. The van der Waals surface area contributed by atoms with Crippen LogP contribution < -0.4 is 19.1 Å². The van der Waals surface area contributed by atoms with Crippen LogP contribution in [0.3, 0.4) is 0 Å². The van der Waals surface area contributed by atoms with Gasteiger partial charge in [0.1, 0.15) is 6.07 Å². The van der Waals surface area contributed by atoms with Crippen molar-refractivity contribution in [3.05, 3.63) is 51.6 Å². The summed E-state index contributed by atoms with van der Waals surface area (Å²) in [5.74, 6) is 1.03. The van der Waals surface area contributed by atoms with Crippen LogP contribution in [0.5, 0.6) is 17.2 Å². The molecule has 10 heteroatoms. The Morgan fingerprint density at radius 2 is 1.65 bits per heavy atom. The number of nitrogens with zero attached hydrogens (tertiary/aromatic N) is 4. The number of anilines is 1. The minimum absolute atomic E-state index is 0.128. The molecule has 1 heterocycles. The van der Waals surface area contributed by atoms with Crippen molar-refractivity contribution >= 4 is 17.3 Å². The third-order valence-electron chi connectivity index (χ3n) is 5.13. The number of amides is 1. The van der Waals surface area contributed by atoms with Crippen molar-refractivity contribution in [3.8, 4) is 23.3 Å². The van der Waals surface area contributed by atoms with Crippen LogP contribution in [0.4, 0.5) is 11.4 Å². The lowest BCUT2D eigenvalue weighted by atomic mass is 10.1. The number of hydrogen-bond donors (Lipinski definition) is 0. The van der Waals surface area contributed by atoms with Crippen LogP contribution in [0.25, 0.3) is 0 Å². The van der Waals surface area contributed by atoms with Gasteiger partial charge in [-0.25, -0.2) is 0 Å². The maximum absolute atomic E-state index is 13.0. The smallest absolute Gasteiger partial charge is 0.270 e. The van der Waals surface area contributed by atoms with E-state index in [1.165, 1.54) is 33.5 Å². The highest BCUT2D eigenvalue weighted by molar-refractivity contribution is 5.96. The van der Waals surface area contributed by atoms with Crippen molar-refractivity contribution in [3.63, 3.8) is 0 Å². The summed E-state index contributed by atoms with van der Waals surface area (Å²) in [6, 6.07) is 9.46. The van der Waals surface area contributed by atoms with Crippen molar-refractivity contribution in [2.75, 3.05) is 52.4 Å². The Kier molecular flexibility index (Phi) is 6.45. The fourth-order valence-corrected chi connectivity index (χ4v) is 3.54. The molecular weight excluding hydrogens is 404 g/mol. The number of non-ortho nitro benzene ring substituents is 1. The highest BCUT2D eigenvalue weighted by Crippen LogP contribution is 2.38. The molecule has 1 fully saturated rings. The number of carbonyl (C=O) groups excluding carboxylic acids is 1. The van der Waals surface area contributed by atoms with Gasteiger partial charge in [-0.05, 0) is 18.2 Å². The predicted octanol–water partition coefficient (Wildman–Crippen LogP) is 2.45. The van der Waals surface area contributed by atoms with Gasteiger partial charge in [-0.2, -0.15) is 5.26 Å². The first-order chi connectivity index (χ1) is 14.9. The van der Waals surface area contributed by atoms with Gasteiger partial charge in [-0.1, -0.05) is 0 Å². The first-order valence-electron chi connectivity index (χ1n) is 9.46. The van der Waals surface area contributed by atoms with Gasteiger partial charge in [0.25, 0.3) is 11.6 Å².